The van der Waals surface area contributed by atoms with Gasteiger partial charge in [0.2, 0.25) is 5.91 Å². The fourth-order valence-electron chi connectivity index (χ4n) is 1.59. The van der Waals surface area contributed by atoms with Crippen LogP contribution in [0.15, 0.2) is 35.4 Å². The summed E-state index contributed by atoms with van der Waals surface area (Å²) in [6.45, 7) is 4.35. The molecule has 1 unspecified atom stereocenters. The van der Waals surface area contributed by atoms with Crippen LogP contribution in [0.25, 0.3) is 0 Å². The number of aromatic nitrogens is 1. The van der Waals surface area contributed by atoms with Gasteiger partial charge >= 0.3 is 0 Å². The summed E-state index contributed by atoms with van der Waals surface area (Å²) < 4.78 is 0. The number of thiazole rings is 1. The Morgan fingerprint density at radius 3 is 2.90 bits per heavy atom. The fourth-order valence-corrected chi connectivity index (χ4v) is 3.50. The van der Waals surface area contributed by atoms with E-state index in [0.717, 1.165) is 14.8 Å². The number of hydrogen-bond donors (Lipinski definition) is 1. The quantitative estimate of drug-likeness (QED) is 0.847. The highest BCUT2D eigenvalue weighted by Gasteiger charge is 2.15. The van der Waals surface area contributed by atoms with E-state index in [2.05, 4.69) is 10.3 Å². The second-order valence-corrected chi connectivity index (χ2v) is 7.36. The first-order valence-electron chi connectivity index (χ1n) is 6.16. The first kappa shape index (κ1) is 15.4. The summed E-state index contributed by atoms with van der Waals surface area (Å²) >= 11 is 9.15. The number of thioether (sulfide) groups is 1. The first-order valence-corrected chi connectivity index (χ1v) is 8.24. The topological polar surface area (TPSA) is 42.0 Å². The van der Waals surface area contributed by atoms with Gasteiger partial charge in [-0.3, -0.25) is 4.79 Å². The van der Waals surface area contributed by atoms with E-state index < -0.39 is 0 Å². The van der Waals surface area contributed by atoms with Gasteiger partial charge in [0.05, 0.1) is 21.8 Å². The molecule has 1 aromatic carbocycles. The predicted molar refractivity (Wildman–Crippen MR) is 85.5 cm³/mol. The van der Waals surface area contributed by atoms with Crippen LogP contribution < -0.4 is 5.32 Å². The third-order valence-electron chi connectivity index (χ3n) is 2.62. The number of halogens is 1. The van der Waals surface area contributed by atoms with Gasteiger partial charge in [0.15, 0.2) is 0 Å². The van der Waals surface area contributed by atoms with Crippen molar-refractivity contribution in [2.75, 3.05) is 0 Å². The Morgan fingerprint density at radius 2 is 2.25 bits per heavy atom. The van der Waals surface area contributed by atoms with Crippen LogP contribution in [0, 0.1) is 6.92 Å². The van der Waals surface area contributed by atoms with E-state index >= 15 is 0 Å². The minimum absolute atomic E-state index is 0.000901. The summed E-state index contributed by atoms with van der Waals surface area (Å²) in [4.78, 5) is 18.2. The second-order valence-electron chi connectivity index (χ2n) is 4.25. The minimum atomic E-state index is -0.191. The zero-order chi connectivity index (χ0) is 14.5. The Labute approximate surface area is 131 Å². The van der Waals surface area contributed by atoms with Crippen LogP contribution in [0.5, 0.6) is 0 Å². The smallest absolute Gasteiger partial charge is 0.233 e. The molecular weight excluding hydrogens is 312 g/mol. The van der Waals surface area contributed by atoms with Crippen LogP contribution in [-0.4, -0.2) is 16.1 Å². The summed E-state index contributed by atoms with van der Waals surface area (Å²) in [5.41, 5.74) is 0. The lowest BCUT2D eigenvalue weighted by Gasteiger charge is -2.12. The Balaban J connectivity index is 1.87. The van der Waals surface area contributed by atoms with Crippen LogP contribution in [-0.2, 0) is 11.3 Å². The van der Waals surface area contributed by atoms with E-state index in [1.165, 1.54) is 11.8 Å². The molecule has 0 aliphatic heterocycles. The zero-order valence-corrected chi connectivity index (χ0v) is 13.6. The SMILES string of the molecule is Cc1ncc(CNC(=O)C(C)Sc2ccccc2Cl)s1. The van der Waals surface area contributed by atoms with Gasteiger partial charge < -0.3 is 5.32 Å². The molecule has 0 aliphatic rings. The van der Waals surface area contributed by atoms with Crippen molar-refractivity contribution in [3.05, 3.63) is 45.4 Å². The highest BCUT2D eigenvalue weighted by Crippen LogP contribution is 2.30. The van der Waals surface area contributed by atoms with Gasteiger partial charge in [-0.05, 0) is 26.0 Å². The van der Waals surface area contributed by atoms with Gasteiger partial charge in [-0.1, -0.05) is 23.7 Å². The van der Waals surface area contributed by atoms with Crippen LogP contribution >= 0.6 is 34.7 Å². The molecule has 0 saturated heterocycles. The predicted octanol–water partition coefficient (Wildman–Crippen LogP) is 3.90. The number of rotatable bonds is 5. The minimum Gasteiger partial charge on any atom is -0.350 e. The third kappa shape index (κ3) is 4.23. The monoisotopic (exact) mass is 326 g/mol. The second kappa shape index (κ2) is 7.11. The summed E-state index contributed by atoms with van der Waals surface area (Å²) in [7, 11) is 0. The standard InChI is InChI=1S/C14H15ClN2OS2/c1-9(19-13-6-4-3-5-12(13)15)14(18)17-8-11-7-16-10(2)20-11/h3-7,9H,8H2,1-2H3,(H,17,18). The molecule has 3 nitrogen and oxygen atoms in total. The molecule has 1 aromatic heterocycles. The van der Waals surface area contributed by atoms with Crippen LogP contribution in [0.3, 0.4) is 0 Å². The van der Waals surface area contributed by atoms with Crippen molar-refractivity contribution in [3.63, 3.8) is 0 Å². The molecule has 0 radical (unpaired) electrons. The lowest BCUT2D eigenvalue weighted by Crippen LogP contribution is -2.30. The van der Waals surface area contributed by atoms with Crippen molar-refractivity contribution in [3.8, 4) is 0 Å². The summed E-state index contributed by atoms with van der Waals surface area (Å²) in [6.07, 6.45) is 1.80. The van der Waals surface area contributed by atoms with Gasteiger partial charge in [-0.2, -0.15) is 0 Å². The molecule has 6 heteroatoms. The van der Waals surface area contributed by atoms with Gasteiger partial charge in [-0.25, -0.2) is 4.98 Å². The number of amides is 1. The molecule has 2 rings (SSSR count). The van der Waals surface area contributed by atoms with Crippen molar-refractivity contribution in [2.45, 2.75) is 30.5 Å². The molecule has 0 bridgehead atoms. The molecule has 0 saturated carbocycles. The lowest BCUT2D eigenvalue weighted by atomic mass is 10.4. The maximum Gasteiger partial charge on any atom is 0.233 e. The van der Waals surface area contributed by atoms with Gasteiger partial charge in [0.1, 0.15) is 0 Å². The van der Waals surface area contributed by atoms with Gasteiger partial charge in [0, 0.05) is 16.0 Å². The number of benzene rings is 1. The Kier molecular flexibility index (Phi) is 5.46. The highest BCUT2D eigenvalue weighted by molar-refractivity contribution is 8.00. The molecule has 1 heterocycles. The number of carbonyl (C=O) groups is 1. The zero-order valence-electron chi connectivity index (χ0n) is 11.2. The molecule has 106 valence electrons. The molecule has 20 heavy (non-hydrogen) atoms. The van der Waals surface area contributed by atoms with E-state index in [1.807, 2.05) is 38.1 Å². The van der Waals surface area contributed by atoms with Crippen molar-refractivity contribution >= 4 is 40.6 Å². The molecule has 1 atom stereocenters. The van der Waals surface area contributed by atoms with E-state index in [4.69, 9.17) is 11.6 Å². The van der Waals surface area contributed by atoms with Crippen molar-refractivity contribution < 1.29 is 4.79 Å². The summed E-state index contributed by atoms with van der Waals surface area (Å²) in [5.74, 6) is 0.000901. The normalized spacial score (nSPS) is 12.2. The summed E-state index contributed by atoms with van der Waals surface area (Å²) in [6, 6.07) is 7.54. The number of nitrogens with one attached hydrogen (secondary N) is 1. The largest absolute Gasteiger partial charge is 0.350 e. The summed E-state index contributed by atoms with van der Waals surface area (Å²) in [5, 5.41) is 4.41. The molecule has 0 fully saturated rings. The molecule has 2 aromatic rings. The molecule has 1 amide bonds. The Morgan fingerprint density at radius 1 is 1.50 bits per heavy atom. The molecule has 1 N–H and O–H groups in total. The highest BCUT2D eigenvalue weighted by atomic mass is 35.5. The number of aryl methyl sites for hydroxylation is 1. The van der Waals surface area contributed by atoms with Crippen molar-refractivity contribution in [1.82, 2.24) is 10.3 Å². The number of carbonyl (C=O) groups excluding carboxylic acids is 1. The maximum absolute atomic E-state index is 12.0. The maximum atomic E-state index is 12.0. The van der Waals surface area contributed by atoms with Crippen LogP contribution in [0.1, 0.15) is 16.8 Å². The van der Waals surface area contributed by atoms with E-state index in [-0.39, 0.29) is 11.2 Å². The average Bonchev–Trinajstić information content (AvgIpc) is 2.84. The van der Waals surface area contributed by atoms with Gasteiger partial charge in [-0.15, -0.1) is 23.1 Å². The van der Waals surface area contributed by atoms with E-state index in [9.17, 15) is 4.79 Å². The van der Waals surface area contributed by atoms with Crippen LogP contribution in [0.4, 0.5) is 0 Å². The van der Waals surface area contributed by atoms with Crippen LogP contribution in [0.2, 0.25) is 5.02 Å². The van der Waals surface area contributed by atoms with E-state index in [0.29, 0.717) is 11.6 Å². The fraction of sp³-hybridized carbons (Fsp3) is 0.286. The first-order chi connectivity index (χ1) is 9.56. The van der Waals surface area contributed by atoms with Crippen molar-refractivity contribution in [1.29, 1.82) is 0 Å². The molecular formula is C14H15ClN2OS2. The lowest BCUT2D eigenvalue weighted by molar-refractivity contribution is -0.120. The average molecular weight is 327 g/mol. The third-order valence-corrected chi connectivity index (χ3v) is 5.15. The Bertz CT molecular complexity index is 600. The number of hydrogen-bond acceptors (Lipinski definition) is 4. The molecule has 0 spiro atoms. The number of nitrogens with zero attached hydrogens (tertiary/aromatic N) is 1. The van der Waals surface area contributed by atoms with Crippen molar-refractivity contribution in [2.24, 2.45) is 0 Å². The van der Waals surface area contributed by atoms with E-state index in [1.54, 1.807) is 17.5 Å². The van der Waals surface area contributed by atoms with Gasteiger partial charge in [0.25, 0.3) is 0 Å². The molecule has 0 aliphatic carbocycles. The Hall–Kier alpha value is -1.04.